The van der Waals surface area contributed by atoms with E-state index in [4.69, 9.17) is 11.2 Å². The third kappa shape index (κ3) is 3.70. The number of hydrogen-bond donors (Lipinski definition) is 2. The summed E-state index contributed by atoms with van der Waals surface area (Å²) in [5.41, 5.74) is 1.75. The van der Waals surface area contributed by atoms with E-state index in [9.17, 15) is 4.21 Å². The van der Waals surface area contributed by atoms with Gasteiger partial charge in [-0.3, -0.25) is 4.21 Å². The third-order valence-corrected chi connectivity index (χ3v) is 3.85. The SMILES string of the molecule is C#CC(Nc1cccc(CS(=O)c2ncc[nH]2)c1)OC. The Morgan fingerprint density at radius 2 is 2.45 bits per heavy atom. The van der Waals surface area contributed by atoms with Crippen molar-refractivity contribution in [1.82, 2.24) is 9.97 Å². The summed E-state index contributed by atoms with van der Waals surface area (Å²) in [5, 5.41) is 3.52. The van der Waals surface area contributed by atoms with Gasteiger partial charge in [0.05, 0.1) is 16.6 Å². The number of imidazole rings is 1. The van der Waals surface area contributed by atoms with Crippen LogP contribution in [0, 0.1) is 12.3 Å². The minimum absolute atomic E-state index is 0.386. The number of nitrogens with zero attached hydrogens (tertiary/aromatic N) is 1. The molecule has 104 valence electrons. The second-order valence-electron chi connectivity index (χ2n) is 4.01. The van der Waals surface area contributed by atoms with E-state index in [0.29, 0.717) is 10.9 Å². The molecule has 2 unspecified atom stereocenters. The molecule has 1 heterocycles. The van der Waals surface area contributed by atoms with Gasteiger partial charge in [0, 0.05) is 25.2 Å². The zero-order valence-electron chi connectivity index (χ0n) is 11.0. The molecule has 0 bridgehead atoms. The fourth-order valence-corrected chi connectivity index (χ4v) is 2.66. The maximum absolute atomic E-state index is 12.1. The molecule has 0 aliphatic carbocycles. The van der Waals surface area contributed by atoms with Crippen molar-refractivity contribution < 1.29 is 8.95 Å². The maximum atomic E-state index is 12.1. The summed E-state index contributed by atoms with van der Waals surface area (Å²) in [7, 11) is 0.341. The van der Waals surface area contributed by atoms with E-state index in [1.54, 1.807) is 12.4 Å². The zero-order valence-corrected chi connectivity index (χ0v) is 11.8. The van der Waals surface area contributed by atoms with Crippen LogP contribution in [-0.4, -0.2) is 27.5 Å². The van der Waals surface area contributed by atoms with Crippen molar-refractivity contribution in [2.24, 2.45) is 0 Å². The van der Waals surface area contributed by atoms with Gasteiger partial charge in [0.1, 0.15) is 0 Å². The molecule has 0 saturated heterocycles. The number of terminal acetylenes is 1. The first-order chi connectivity index (χ1) is 9.72. The lowest BCUT2D eigenvalue weighted by molar-refractivity contribution is 0.170. The molecular formula is C14H15N3O2S. The number of ether oxygens (including phenoxy) is 1. The first-order valence-corrected chi connectivity index (χ1v) is 7.27. The van der Waals surface area contributed by atoms with Crippen LogP contribution in [-0.2, 0) is 21.3 Å². The summed E-state index contributed by atoms with van der Waals surface area (Å²) < 4.78 is 17.1. The fraction of sp³-hybridized carbons (Fsp3) is 0.214. The number of methoxy groups -OCH3 is 1. The second kappa shape index (κ2) is 6.89. The summed E-state index contributed by atoms with van der Waals surface area (Å²) in [6.45, 7) is 0. The molecule has 20 heavy (non-hydrogen) atoms. The number of rotatable bonds is 6. The monoisotopic (exact) mass is 289 g/mol. The van der Waals surface area contributed by atoms with Crippen LogP contribution in [0.5, 0.6) is 0 Å². The van der Waals surface area contributed by atoms with E-state index in [-0.39, 0.29) is 0 Å². The summed E-state index contributed by atoms with van der Waals surface area (Å²) in [5.74, 6) is 2.86. The number of hydrogen-bond acceptors (Lipinski definition) is 4. The molecule has 0 aliphatic rings. The van der Waals surface area contributed by atoms with Crippen molar-refractivity contribution in [3.8, 4) is 12.3 Å². The normalized spacial score (nSPS) is 13.4. The lowest BCUT2D eigenvalue weighted by atomic mass is 10.2. The highest BCUT2D eigenvalue weighted by atomic mass is 32.2. The van der Waals surface area contributed by atoms with Crippen LogP contribution in [0.25, 0.3) is 0 Å². The van der Waals surface area contributed by atoms with Crippen molar-refractivity contribution in [2.75, 3.05) is 12.4 Å². The Balaban J connectivity index is 2.06. The van der Waals surface area contributed by atoms with Crippen LogP contribution in [0.15, 0.2) is 41.8 Å². The number of benzene rings is 1. The smallest absolute Gasteiger partial charge is 0.196 e. The topological polar surface area (TPSA) is 67.0 Å². The number of anilines is 1. The van der Waals surface area contributed by atoms with Gasteiger partial charge in [0.25, 0.3) is 0 Å². The summed E-state index contributed by atoms with van der Waals surface area (Å²) >= 11 is 0. The third-order valence-electron chi connectivity index (χ3n) is 2.60. The molecule has 0 aliphatic heterocycles. The van der Waals surface area contributed by atoms with Gasteiger partial charge in [-0.25, -0.2) is 4.98 Å². The summed E-state index contributed by atoms with van der Waals surface area (Å²) in [4.78, 5) is 6.84. The largest absolute Gasteiger partial charge is 0.351 e. The van der Waals surface area contributed by atoms with Crippen LogP contribution in [0.4, 0.5) is 5.69 Å². The molecule has 0 saturated carbocycles. The molecule has 1 aromatic heterocycles. The second-order valence-corrected chi connectivity index (χ2v) is 5.38. The summed E-state index contributed by atoms with van der Waals surface area (Å²) in [6, 6.07) is 7.55. The quantitative estimate of drug-likeness (QED) is 0.628. The summed E-state index contributed by atoms with van der Waals surface area (Å²) in [6.07, 6.45) is 8.07. The molecule has 6 heteroatoms. The average Bonchev–Trinajstić information content (AvgIpc) is 2.99. The lowest BCUT2D eigenvalue weighted by Crippen LogP contribution is -2.19. The van der Waals surface area contributed by atoms with Crippen LogP contribution in [0.1, 0.15) is 5.56 Å². The minimum Gasteiger partial charge on any atom is -0.351 e. The van der Waals surface area contributed by atoms with Gasteiger partial charge in [-0.1, -0.05) is 18.1 Å². The number of H-pyrrole nitrogens is 1. The Labute approximate surface area is 120 Å². The molecule has 0 spiro atoms. The first kappa shape index (κ1) is 14.3. The van der Waals surface area contributed by atoms with Crippen LogP contribution >= 0.6 is 0 Å². The van der Waals surface area contributed by atoms with E-state index in [1.165, 1.54) is 7.11 Å². The van der Waals surface area contributed by atoms with Crippen molar-refractivity contribution in [3.63, 3.8) is 0 Å². The highest BCUT2D eigenvalue weighted by Gasteiger charge is 2.08. The Hall–Kier alpha value is -2.10. The van der Waals surface area contributed by atoms with Crippen molar-refractivity contribution in [1.29, 1.82) is 0 Å². The first-order valence-electron chi connectivity index (χ1n) is 5.95. The average molecular weight is 289 g/mol. The van der Waals surface area contributed by atoms with E-state index < -0.39 is 17.0 Å². The molecular weight excluding hydrogens is 274 g/mol. The molecule has 2 atom stereocenters. The predicted molar refractivity (Wildman–Crippen MR) is 78.4 cm³/mol. The maximum Gasteiger partial charge on any atom is 0.196 e. The molecule has 2 aromatic rings. The van der Waals surface area contributed by atoms with E-state index in [0.717, 1.165) is 11.3 Å². The predicted octanol–water partition coefficient (Wildman–Crippen LogP) is 1.74. The number of aromatic amines is 1. The van der Waals surface area contributed by atoms with Gasteiger partial charge < -0.3 is 15.0 Å². The van der Waals surface area contributed by atoms with E-state index >= 15 is 0 Å². The van der Waals surface area contributed by atoms with Crippen LogP contribution in [0.2, 0.25) is 0 Å². The molecule has 2 N–H and O–H groups in total. The van der Waals surface area contributed by atoms with Crippen LogP contribution in [0.3, 0.4) is 0 Å². The molecule has 0 fully saturated rings. The van der Waals surface area contributed by atoms with Gasteiger partial charge in [-0.15, -0.1) is 6.42 Å². The number of nitrogens with one attached hydrogen (secondary N) is 2. The fourth-order valence-electron chi connectivity index (χ4n) is 1.67. The lowest BCUT2D eigenvalue weighted by Gasteiger charge is -2.13. The molecule has 0 radical (unpaired) electrons. The number of aromatic nitrogens is 2. The van der Waals surface area contributed by atoms with Gasteiger partial charge in [0.2, 0.25) is 0 Å². The Morgan fingerprint density at radius 3 is 3.10 bits per heavy atom. The Bertz CT molecular complexity index is 620. The van der Waals surface area contributed by atoms with Gasteiger partial charge in [-0.05, 0) is 17.7 Å². The van der Waals surface area contributed by atoms with Crippen molar-refractivity contribution in [2.45, 2.75) is 17.1 Å². The molecule has 5 nitrogen and oxygen atoms in total. The van der Waals surface area contributed by atoms with Gasteiger partial charge in [0.15, 0.2) is 11.4 Å². The van der Waals surface area contributed by atoms with Crippen molar-refractivity contribution >= 4 is 16.5 Å². The highest BCUT2D eigenvalue weighted by Crippen LogP contribution is 2.15. The standard InChI is InChI=1S/C14H15N3O2S/c1-3-13(19-2)17-12-6-4-5-11(9-12)10-20(18)14-15-7-8-16-14/h1,4-9,13,17H,10H2,2H3,(H,15,16). The minimum atomic E-state index is -1.19. The van der Waals surface area contributed by atoms with Crippen molar-refractivity contribution in [3.05, 3.63) is 42.2 Å². The van der Waals surface area contributed by atoms with Crippen LogP contribution < -0.4 is 5.32 Å². The van der Waals surface area contributed by atoms with E-state index in [2.05, 4.69) is 21.2 Å². The Kier molecular flexibility index (Phi) is 4.93. The zero-order chi connectivity index (χ0) is 14.4. The van der Waals surface area contributed by atoms with Gasteiger partial charge >= 0.3 is 0 Å². The van der Waals surface area contributed by atoms with E-state index in [1.807, 2.05) is 24.3 Å². The Morgan fingerprint density at radius 1 is 1.60 bits per heavy atom. The molecule has 2 rings (SSSR count). The highest BCUT2D eigenvalue weighted by molar-refractivity contribution is 7.84. The van der Waals surface area contributed by atoms with Gasteiger partial charge in [-0.2, -0.15) is 0 Å². The molecule has 0 amide bonds. The molecule has 1 aromatic carbocycles.